The van der Waals surface area contributed by atoms with Crippen molar-refractivity contribution >= 4 is 22.6 Å². The number of benzene rings is 4. The summed E-state index contributed by atoms with van der Waals surface area (Å²) in [5.74, 6) is -0.855. The number of nitrogens with zero attached hydrogens (tertiary/aromatic N) is 2. The molecule has 6 rings (SSSR count). The number of fused-ring (bicyclic) bond motifs is 4. The van der Waals surface area contributed by atoms with E-state index in [2.05, 4.69) is 49.4 Å². The lowest BCUT2D eigenvalue weighted by molar-refractivity contribution is -0.134. The van der Waals surface area contributed by atoms with Crippen LogP contribution in [0, 0.1) is 6.92 Å². The Morgan fingerprint density at radius 3 is 2.42 bits per heavy atom. The van der Waals surface area contributed by atoms with Crippen LogP contribution in [0.4, 0.5) is 0 Å². The number of hydrazine groups is 1. The summed E-state index contributed by atoms with van der Waals surface area (Å²) in [7, 11) is 0. The average molecular weight is 433 g/mol. The van der Waals surface area contributed by atoms with Gasteiger partial charge in [0.15, 0.2) is 0 Å². The van der Waals surface area contributed by atoms with E-state index in [1.165, 1.54) is 16.1 Å². The molecule has 0 N–H and O–H groups in total. The molecule has 33 heavy (non-hydrogen) atoms. The third-order valence-corrected chi connectivity index (χ3v) is 7.07. The molecule has 0 aliphatic carbocycles. The van der Waals surface area contributed by atoms with E-state index < -0.39 is 5.92 Å². The van der Waals surface area contributed by atoms with Gasteiger partial charge in [0, 0.05) is 12.1 Å². The van der Waals surface area contributed by atoms with Crippen molar-refractivity contribution in [2.45, 2.75) is 25.3 Å². The van der Waals surface area contributed by atoms with Crippen molar-refractivity contribution < 1.29 is 9.59 Å². The van der Waals surface area contributed by atoms with Crippen molar-refractivity contribution in [1.29, 1.82) is 0 Å². The molecule has 0 bridgehead atoms. The lowest BCUT2D eigenvalue weighted by Crippen LogP contribution is -2.46. The van der Waals surface area contributed by atoms with E-state index in [1.54, 1.807) is 12.1 Å². The maximum atomic E-state index is 14.0. The first-order valence-electron chi connectivity index (χ1n) is 11.4. The summed E-state index contributed by atoms with van der Waals surface area (Å²) in [4.78, 5) is 27.5. The zero-order chi connectivity index (χ0) is 22.5. The lowest BCUT2D eigenvalue weighted by Gasteiger charge is -2.36. The molecule has 4 aromatic carbocycles. The molecule has 2 atom stereocenters. The van der Waals surface area contributed by atoms with Crippen LogP contribution in [-0.4, -0.2) is 28.4 Å². The van der Waals surface area contributed by atoms with Crippen LogP contribution in [0.25, 0.3) is 10.8 Å². The van der Waals surface area contributed by atoms with Gasteiger partial charge in [-0.3, -0.25) is 9.59 Å². The van der Waals surface area contributed by atoms with Crippen molar-refractivity contribution in [1.82, 2.24) is 10.0 Å². The van der Waals surface area contributed by atoms with Gasteiger partial charge in [-0.15, -0.1) is 0 Å². The molecule has 162 valence electrons. The molecule has 4 nitrogen and oxygen atoms in total. The fourth-order valence-corrected chi connectivity index (χ4v) is 5.48. The van der Waals surface area contributed by atoms with E-state index >= 15 is 0 Å². The van der Waals surface area contributed by atoms with Gasteiger partial charge in [-0.2, -0.15) is 0 Å². The lowest BCUT2D eigenvalue weighted by atomic mass is 9.81. The molecule has 2 aliphatic rings. The molecule has 1 saturated heterocycles. The molecule has 0 spiro atoms. The van der Waals surface area contributed by atoms with Gasteiger partial charge in [-0.25, -0.2) is 10.0 Å². The van der Waals surface area contributed by atoms with Gasteiger partial charge in [-0.1, -0.05) is 78.9 Å². The van der Waals surface area contributed by atoms with E-state index in [4.69, 9.17) is 0 Å². The molecule has 2 aliphatic heterocycles. The predicted octanol–water partition coefficient (Wildman–Crippen LogP) is 5.43. The summed E-state index contributed by atoms with van der Waals surface area (Å²) in [6, 6.07) is 29.6. The van der Waals surface area contributed by atoms with Gasteiger partial charge < -0.3 is 0 Å². The summed E-state index contributed by atoms with van der Waals surface area (Å²) in [5, 5.41) is 5.65. The number of rotatable bonds is 2. The van der Waals surface area contributed by atoms with E-state index in [1.807, 2.05) is 41.4 Å². The number of aryl methyl sites for hydroxylation is 1. The molecule has 0 unspecified atom stereocenters. The number of hydrogen-bond acceptors (Lipinski definition) is 3. The Balaban J connectivity index is 1.52. The van der Waals surface area contributed by atoms with Gasteiger partial charge in [0.2, 0.25) is 0 Å². The molecule has 2 heterocycles. The Labute approximate surface area is 193 Å². The highest BCUT2D eigenvalue weighted by Gasteiger charge is 2.52. The summed E-state index contributed by atoms with van der Waals surface area (Å²) in [6.45, 7) is 2.76. The normalized spacial score (nSPS) is 20.0. The second kappa shape index (κ2) is 7.68. The largest absolute Gasteiger partial charge is 0.275 e. The minimum absolute atomic E-state index is 0.154. The van der Waals surface area contributed by atoms with Crippen molar-refractivity contribution in [2.24, 2.45) is 0 Å². The number of carbonyl (C=O) groups excluding carboxylic acids is 2. The average Bonchev–Trinajstić information content (AvgIpc) is 3.16. The monoisotopic (exact) mass is 432 g/mol. The van der Waals surface area contributed by atoms with Crippen LogP contribution < -0.4 is 0 Å². The van der Waals surface area contributed by atoms with E-state index in [-0.39, 0.29) is 17.9 Å². The Bertz CT molecular complexity index is 1400. The van der Waals surface area contributed by atoms with Crippen molar-refractivity contribution in [2.75, 3.05) is 6.54 Å². The third kappa shape index (κ3) is 3.10. The minimum Gasteiger partial charge on any atom is -0.272 e. The zero-order valence-corrected chi connectivity index (χ0v) is 18.4. The number of carbonyl (C=O) groups is 2. The summed E-state index contributed by atoms with van der Waals surface area (Å²) in [6.07, 6.45) is 0.814. The molecule has 1 fully saturated rings. The molecule has 0 saturated carbocycles. The summed E-state index contributed by atoms with van der Waals surface area (Å²) >= 11 is 0. The van der Waals surface area contributed by atoms with E-state index in [9.17, 15) is 9.59 Å². The number of hydrogen-bond donors (Lipinski definition) is 0. The van der Waals surface area contributed by atoms with Crippen LogP contribution in [0.5, 0.6) is 0 Å². The molecule has 4 aromatic rings. The second-order valence-corrected chi connectivity index (χ2v) is 8.91. The molecule has 2 amide bonds. The number of imide groups is 1. The maximum absolute atomic E-state index is 14.0. The second-order valence-electron chi connectivity index (χ2n) is 8.91. The van der Waals surface area contributed by atoms with E-state index in [0.29, 0.717) is 12.1 Å². The van der Waals surface area contributed by atoms with Gasteiger partial charge in [-0.05, 0) is 58.5 Å². The van der Waals surface area contributed by atoms with Gasteiger partial charge >= 0.3 is 0 Å². The quantitative estimate of drug-likeness (QED) is 0.397. The first-order valence-corrected chi connectivity index (χ1v) is 11.4. The highest BCUT2D eigenvalue weighted by atomic mass is 16.2. The zero-order valence-electron chi connectivity index (χ0n) is 18.4. The highest BCUT2D eigenvalue weighted by Crippen LogP contribution is 2.48. The predicted molar refractivity (Wildman–Crippen MR) is 129 cm³/mol. The standard InChI is InChI=1S/C29H24N2O2/c1-19-8-7-13-25-24(19)16-17-30-27(25)26(23-15-14-20-9-5-6-12-22(20)18-23)29(33)31(30)28(32)21-10-3-2-4-11-21/h2-15,18,26-27H,16-17H2,1H3/t26-,27-/m0/s1. The molecule has 0 aromatic heterocycles. The van der Waals surface area contributed by atoms with Gasteiger partial charge in [0.25, 0.3) is 11.8 Å². The van der Waals surface area contributed by atoms with Crippen molar-refractivity contribution in [3.05, 3.63) is 119 Å². The SMILES string of the molecule is Cc1cccc2c1CCN1[C@@H]2[C@H](c2ccc3ccccc3c2)C(=O)N1C(=O)c1ccccc1. The summed E-state index contributed by atoms with van der Waals surface area (Å²) < 4.78 is 0. The molecule has 4 heteroatoms. The van der Waals surface area contributed by atoms with Crippen LogP contribution in [-0.2, 0) is 11.2 Å². The number of amides is 2. The van der Waals surface area contributed by atoms with Gasteiger partial charge in [0.1, 0.15) is 0 Å². The van der Waals surface area contributed by atoms with Crippen LogP contribution in [0.3, 0.4) is 0 Å². The molecular weight excluding hydrogens is 408 g/mol. The van der Waals surface area contributed by atoms with E-state index in [0.717, 1.165) is 28.3 Å². The maximum Gasteiger partial charge on any atom is 0.275 e. The first-order chi connectivity index (χ1) is 16.1. The minimum atomic E-state index is -0.442. The molecular formula is C29H24N2O2. The van der Waals surface area contributed by atoms with Gasteiger partial charge in [0.05, 0.1) is 12.0 Å². The van der Waals surface area contributed by atoms with Crippen LogP contribution in [0.2, 0.25) is 0 Å². The van der Waals surface area contributed by atoms with Crippen molar-refractivity contribution in [3.63, 3.8) is 0 Å². The highest BCUT2D eigenvalue weighted by molar-refractivity contribution is 6.07. The van der Waals surface area contributed by atoms with Crippen LogP contribution >= 0.6 is 0 Å². The third-order valence-electron chi connectivity index (χ3n) is 7.07. The molecule has 0 radical (unpaired) electrons. The van der Waals surface area contributed by atoms with Crippen molar-refractivity contribution in [3.8, 4) is 0 Å². The van der Waals surface area contributed by atoms with Crippen LogP contribution in [0.15, 0.2) is 91.0 Å². The Morgan fingerprint density at radius 2 is 1.61 bits per heavy atom. The Morgan fingerprint density at radius 1 is 0.848 bits per heavy atom. The first kappa shape index (κ1) is 19.9. The fraction of sp³-hybridized carbons (Fsp3) is 0.172. The fourth-order valence-electron chi connectivity index (χ4n) is 5.48. The Kier molecular flexibility index (Phi) is 4.63. The van der Waals surface area contributed by atoms with Crippen LogP contribution in [0.1, 0.15) is 44.6 Å². The smallest absolute Gasteiger partial charge is 0.272 e. The topological polar surface area (TPSA) is 40.6 Å². The summed E-state index contributed by atoms with van der Waals surface area (Å²) in [5.41, 5.74) is 5.16. The Hall–Kier alpha value is -3.76.